The molecule has 0 aliphatic heterocycles. The van der Waals surface area contributed by atoms with Gasteiger partial charge in [-0.05, 0) is 18.4 Å². The predicted molar refractivity (Wildman–Crippen MR) is 111 cm³/mol. The van der Waals surface area contributed by atoms with Crippen LogP contribution in [0.5, 0.6) is 0 Å². The van der Waals surface area contributed by atoms with Gasteiger partial charge in [0.1, 0.15) is 6.61 Å². The molecule has 0 aromatic heterocycles. The summed E-state index contributed by atoms with van der Waals surface area (Å²) in [7, 11) is 0. The van der Waals surface area contributed by atoms with Gasteiger partial charge in [0.2, 0.25) is 0 Å². The third-order valence-corrected chi connectivity index (χ3v) is 4.63. The number of ether oxygens (including phenoxy) is 1. The number of aliphatic hydroxyl groups excluding tert-OH is 1. The summed E-state index contributed by atoms with van der Waals surface area (Å²) >= 11 is 0. The molecule has 3 N–H and O–H groups in total. The Bertz CT molecular complexity index is 468. The second-order valence-corrected chi connectivity index (χ2v) is 7.04. The van der Waals surface area contributed by atoms with Gasteiger partial charge >= 0.3 is 6.09 Å². The second kappa shape index (κ2) is 16.6. The third kappa shape index (κ3) is 13.3. The highest BCUT2D eigenvalue weighted by Crippen LogP contribution is 2.12. The van der Waals surface area contributed by atoms with Crippen LogP contribution in [0.1, 0.15) is 63.9 Å². The topological polar surface area (TPSA) is 70.6 Å². The number of carbonyl (C=O) groups excluding carboxylic acids is 1. The van der Waals surface area contributed by atoms with Crippen LogP contribution in [-0.4, -0.2) is 43.5 Å². The van der Waals surface area contributed by atoms with Crippen molar-refractivity contribution in [2.24, 2.45) is 0 Å². The van der Waals surface area contributed by atoms with E-state index in [0.29, 0.717) is 19.1 Å². The summed E-state index contributed by atoms with van der Waals surface area (Å²) in [6.07, 6.45) is 10.9. The van der Waals surface area contributed by atoms with E-state index in [2.05, 4.69) is 41.8 Å². The Morgan fingerprint density at radius 2 is 1.74 bits per heavy atom. The Morgan fingerprint density at radius 1 is 1.04 bits per heavy atom. The summed E-state index contributed by atoms with van der Waals surface area (Å²) in [5.74, 6) is 0. The molecule has 1 rings (SSSR count). The van der Waals surface area contributed by atoms with Crippen molar-refractivity contribution in [1.82, 2.24) is 10.6 Å². The van der Waals surface area contributed by atoms with Gasteiger partial charge in [0.05, 0.1) is 6.61 Å². The molecule has 27 heavy (non-hydrogen) atoms. The van der Waals surface area contributed by atoms with Gasteiger partial charge in [0.15, 0.2) is 0 Å². The van der Waals surface area contributed by atoms with Gasteiger partial charge in [-0.2, -0.15) is 0 Å². The van der Waals surface area contributed by atoms with Crippen LogP contribution in [-0.2, 0) is 11.2 Å². The molecule has 0 aliphatic carbocycles. The maximum Gasteiger partial charge on any atom is 0.407 e. The predicted octanol–water partition coefficient (Wildman–Crippen LogP) is 4.05. The van der Waals surface area contributed by atoms with Crippen LogP contribution in [0, 0.1) is 0 Å². The molecule has 0 aliphatic rings. The van der Waals surface area contributed by atoms with Crippen molar-refractivity contribution >= 4 is 6.09 Å². The second-order valence-electron chi connectivity index (χ2n) is 7.04. The number of benzene rings is 1. The molecular formula is C22H38N2O3. The van der Waals surface area contributed by atoms with Gasteiger partial charge in [-0.3, -0.25) is 0 Å². The standard InChI is InChI=1S/C22H38N2O3/c1-2-3-4-5-6-7-11-14-21(19-20-12-9-8-10-13-20)23-15-16-24-22(26)27-18-17-25/h8-10,12-13,21,23,25H,2-7,11,14-19H2,1H3,(H,24,26). The zero-order valence-corrected chi connectivity index (χ0v) is 16.9. The van der Waals surface area contributed by atoms with E-state index in [4.69, 9.17) is 9.84 Å². The number of carbonyl (C=O) groups is 1. The van der Waals surface area contributed by atoms with Crippen molar-refractivity contribution < 1.29 is 14.6 Å². The van der Waals surface area contributed by atoms with Crippen LogP contribution < -0.4 is 10.6 Å². The highest BCUT2D eigenvalue weighted by atomic mass is 16.6. The summed E-state index contributed by atoms with van der Waals surface area (Å²) < 4.78 is 4.79. The number of rotatable bonds is 16. The summed E-state index contributed by atoms with van der Waals surface area (Å²) in [5, 5.41) is 14.9. The Hall–Kier alpha value is -1.59. The van der Waals surface area contributed by atoms with E-state index in [9.17, 15) is 4.79 Å². The number of aliphatic hydroxyl groups is 1. The molecule has 1 unspecified atom stereocenters. The summed E-state index contributed by atoms with van der Waals surface area (Å²) in [5.41, 5.74) is 1.34. The van der Waals surface area contributed by atoms with Crippen LogP contribution in [0.4, 0.5) is 4.79 Å². The lowest BCUT2D eigenvalue weighted by molar-refractivity contribution is 0.119. The lowest BCUT2D eigenvalue weighted by atomic mass is 9.99. The largest absolute Gasteiger partial charge is 0.447 e. The average molecular weight is 379 g/mol. The summed E-state index contributed by atoms with van der Waals surface area (Å²) in [4.78, 5) is 11.4. The maximum absolute atomic E-state index is 11.4. The fraction of sp³-hybridized carbons (Fsp3) is 0.682. The van der Waals surface area contributed by atoms with Crippen LogP contribution in [0.2, 0.25) is 0 Å². The van der Waals surface area contributed by atoms with Crippen molar-refractivity contribution in [3.63, 3.8) is 0 Å². The monoisotopic (exact) mass is 378 g/mol. The molecule has 0 fully saturated rings. The molecular weight excluding hydrogens is 340 g/mol. The number of hydrogen-bond acceptors (Lipinski definition) is 4. The van der Waals surface area contributed by atoms with Crippen molar-refractivity contribution in [2.75, 3.05) is 26.3 Å². The SMILES string of the molecule is CCCCCCCCCC(Cc1ccccc1)NCCNC(=O)OCCO. The first-order valence-electron chi connectivity index (χ1n) is 10.5. The fourth-order valence-electron chi connectivity index (χ4n) is 3.15. The lowest BCUT2D eigenvalue weighted by Gasteiger charge is -2.19. The fourth-order valence-corrected chi connectivity index (χ4v) is 3.15. The van der Waals surface area contributed by atoms with Crippen molar-refractivity contribution in [2.45, 2.75) is 70.8 Å². The molecule has 0 radical (unpaired) electrons. The number of amides is 1. The quantitative estimate of drug-likeness (QED) is 0.380. The van der Waals surface area contributed by atoms with Gasteiger partial charge in [-0.15, -0.1) is 0 Å². The Balaban J connectivity index is 2.27. The zero-order chi connectivity index (χ0) is 19.6. The molecule has 1 aromatic carbocycles. The van der Waals surface area contributed by atoms with Crippen LogP contribution in [0.25, 0.3) is 0 Å². The van der Waals surface area contributed by atoms with Gasteiger partial charge < -0.3 is 20.5 Å². The molecule has 0 bridgehead atoms. The number of alkyl carbamates (subject to hydrolysis) is 1. The number of hydrogen-bond donors (Lipinski definition) is 3. The van der Waals surface area contributed by atoms with Crippen LogP contribution in [0.15, 0.2) is 30.3 Å². The number of unbranched alkanes of at least 4 members (excludes halogenated alkanes) is 6. The van der Waals surface area contributed by atoms with E-state index in [0.717, 1.165) is 12.8 Å². The van der Waals surface area contributed by atoms with Crippen molar-refractivity contribution in [3.8, 4) is 0 Å². The van der Waals surface area contributed by atoms with E-state index in [1.165, 1.54) is 50.5 Å². The van der Waals surface area contributed by atoms with E-state index in [1.54, 1.807) is 0 Å². The van der Waals surface area contributed by atoms with E-state index in [1.807, 2.05) is 6.07 Å². The van der Waals surface area contributed by atoms with E-state index >= 15 is 0 Å². The first kappa shape index (κ1) is 23.4. The van der Waals surface area contributed by atoms with Gasteiger partial charge in [-0.25, -0.2) is 4.79 Å². The maximum atomic E-state index is 11.4. The van der Waals surface area contributed by atoms with Gasteiger partial charge in [0, 0.05) is 19.1 Å². The molecule has 5 heteroatoms. The first-order valence-corrected chi connectivity index (χ1v) is 10.5. The van der Waals surface area contributed by atoms with E-state index < -0.39 is 6.09 Å². The average Bonchev–Trinajstić information content (AvgIpc) is 2.69. The van der Waals surface area contributed by atoms with Crippen molar-refractivity contribution in [3.05, 3.63) is 35.9 Å². The Kier molecular flexibility index (Phi) is 14.4. The molecule has 154 valence electrons. The minimum Gasteiger partial charge on any atom is -0.447 e. The summed E-state index contributed by atoms with van der Waals surface area (Å²) in [6, 6.07) is 11.0. The van der Waals surface area contributed by atoms with Crippen LogP contribution in [0.3, 0.4) is 0 Å². The highest BCUT2D eigenvalue weighted by molar-refractivity contribution is 5.67. The summed E-state index contributed by atoms with van der Waals surface area (Å²) in [6.45, 7) is 3.37. The molecule has 0 saturated carbocycles. The molecule has 0 spiro atoms. The number of nitrogens with one attached hydrogen (secondary N) is 2. The van der Waals surface area contributed by atoms with Crippen molar-refractivity contribution in [1.29, 1.82) is 0 Å². The Morgan fingerprint density at radius 3 is 2.44 bits per heavy atom. The van der Waals surface area contributed by atoms with Gasteiger partial charge in [0.25, 0.3) is 0 Å². The molecule has 1 aromatic rings. The minimum absolute atomic E-state index is 0.0359. The highest BCUT2D eigenvalue weighted by Gasteiger charge is 2.09. The molecule has 0 heterocycles. The molecule has 1 atom stereocenters. The normalized spacial score (nSPS) is 11.9. The smallest absolute Gasteiger partial charge is 0.407 e. The van der Waals surface area contributed by atoms with E-state index in [-0.39, 0.29) is 13.2 Å². The lowest BCUT2D eigenvalue weighted by Crippen LogP contribution is -2.38. The van der Waals surface area contributed by atoms with Crippen LogP contribution >= 0.6 is 0 Å². The zero-order valence-electron chi connectivity index (χ0n) is 16.9. The molecule has 0 saturated heterocycles. The minimum atomic E-state index is -0.475. The third-order valence-electron chi connectivity index (χ3n) is 4.63. The molecule has 5 nitrogen and oxygen atoms in total. The molecule has 1 amide bonds. The first-order chi connectivity index (χ1) is 13.3. The Labute approximate surface area is 164 Å². The van der Waals surface area contributed by atoms with Gasteiger partial charge in [-0.1, -0.05) is 82.2 Å².